The van der Waals surface area contributed by atoms with E-state index in [1.54, 1.807) is 0 Å². The monoisotopic (exact) mass is 301 g/mol. The third kappa shape index (κ3) is 8.02. The van der Waals surface area contributed by atoms with Crippen LogP contribution in [0.5, 0.6) is 0 Å². The Balaban J connectivity index is 2.35. The van der Waals surface area contributed by atoms with Crippen molar-refractivity contribution in [2.75, 3.05) is 13.2 Å². The van der Waals surface area contributed by atoms with E-state index >= 15 is 0 Å². The van der Waals surface area contributed by atoms with Gasteiger partial charge in [-0.15, -0.1) is 0 Å². The molecule has 1 fully saturated rings. The van der Waals surface area contributed by atoms with Crippen LogP contribution in [0, 0.1) is 0 Å². The van der Waals surface area contributed by atoms with Crippen LogP contribution >= 0.6 is 0 Å². The second kappa shape index (κ2) is 8.34. The highest BCUT2D eigenvalue weighted by atomic mass is 16.5. The molecule has 1 aliphatic rings. The van der Waals surface area contributed by atoms with Gasteiger partial charge >= 0.3 is 5.97 Å². The molecular weight excluding hydrogens is 274 g/mol. The average molecular weight is 301 g/mol. The van der Waals surface area contributed by atoms with E-state index in [1.165, 1.54) is 0 Å². The quantitative estimate of drug-likeness (QED) is 0.748. The van der Waals surface area contributed by atoms with Gasteiger partial charge in [0.25, 0.3) is 0 Å². The number of carbonyl (C=O) groups excluding carboxylic acids is 1. The highest BCUT2D eigenvalue weighted by Crippen LogP contribution is 2.15. The lowest BCUT2D eigenvalue weighted by atomic mass is 10.1. The van der Waals surface area contributed by atoms with Crippen molar-refractivity contribution in [3.05, 3.63) is 0 Å². The van der Waals surface area contributed by atoms with Gasteiger partial charge in [-0.3, -0.25) is 4.79 Å². The summed E-state index contributed by atoms with van der Waals surface area (Å²) in [7, 11) is 0. The van der Waals surface area contributed by atoms with Gasteiger partial charge < -0.3 is 19.9 Å². The van der Waals surface area contributed by atoms with Crippen LogP contribution in [-0.2, 0) is 19.1 Å². The summed E-state index contributed by atoms with van der Waals surface area (Å²) in [6.07, 6.45) is 3.34. The molecule has 2 N–H and O–H groups in total. The highest BCUT2D eigenvalue weighted by Gasteiger charge is 2.24. The zero-order valence-corrected chi connectivity index (χ0v) is 13.2. The first-order valence-electron chi connectivity index (χ1n) is 7.55. The van der Waals surface area contributed by atoms with E-state index < -0.39 is 12.0 Å². The van der Waals surface area contributed by atoms with Gasteiger partial charge in [-0.05, 0) is 40.0 Å². The Morgan fingerprint density at radius 1 is 1.38 bits per heavy atom. The Bertz CT molecular complexity index is 344. The Hall–Kier alpha value is -1.14. The fraction of sp³-hybridized carbons (Fsp3) is 0.867. The fourth-order valence-electron chi connectivity index (χ4n) is 2.17. The smallest absolute Gasteiger partial charge is 0.326 e. The molecule has 1 rings (SSSR count). The van der Waals surface area contributed by atoms with Crippen LogP contribution in [0.2, 0.25) is 0 Å². The van der Waals surface area contributed by atoms with E-state index in [2.05, 4.69) is 5.32 Å². The summed E-state index contributed by atoms with van der Waals surface area (Å²) in [5.74, 6) is -1.31. The normalized spacial score (nSPS) is 20.8. The van der Waals surface area contributed by atoms with Crippen LogP contribution in [0.15, 0.2) is 0 Å². The van der Waals surface area contributed by atoms with Crippen LogP contribution in [0.4, 0.5) is 0 Å². The molecule has 0 aliphatic carbocycles. The largest absolute Gasteiger partial charge is 0.480 e. The highest BCUT2D eigenvalue weighted by molar-refractivity contribution is 5.83. The molecule has 1 saturated heterocycles. The SMILES string of the molecule is CC(C)(C)OCCC(NC(=O)CC1CCCCO1)C(=O)O. The van der Waals surface area contributed by atoms with Crippen molar-refractivity contribution in [1.29, 1.82) is 0 Å². The summed E-state index contributed by atoms with van der Waals surface area (Å²) in [6.45, 7) is 6.69. The zero-order valence-electron chi connectivity index (χ0n) is 13.2. The molecular formula is C15H27NO5. The Labute approximate surface area is 126 Å². The average Bonchev–Trinajstić information content (AvgIpc) is 2.37. The third-order valence-electron chi connectivity index (χ3n) is 3.26. The molecule has 21 heavy (non-hydrogen) atoms. The second-order valence-electron chi connectivity index (χ2n) is 6.40. The summed E-state index contributed by atoms with van der Waals surface area (Å²) in [4.78, 5) is 23.1. The molecule has 2 atom stereocenters. The van der Waals surface area contributed by atoms with Gasteiger partial charge in [-0.2, -0.15) is 0 Å². The number of carboxylic acids is 1. The van der Waals surface area contributed by atoms with E-state index in [9.17, 15) is 9.59 Å². The summed E-state index contributed by atoms with van der Waals surface area (Å²) in [6, 6.07) is -0.913. The number of carbonyl (C=O) groups is 2. The van der Waals surface area contributed by atoms with Gasteiger partial charge in [-0.25, -0.2) is 4.79 Å². The number of rotatable bonds is 7. The van der Waals surface area contributed by atoms with Crippen molar-refractivity contribution in [3.8, 4) is 0 Å². The van der Waals surface area contributed by atoms with E-state index in [4.69, 9.17) is 14.6 Å². The fourth-order valence-corrected chi connectivity index (χ4v) is 2.17. The maximum atomic E-state index is 11.9. The van der Waals surface area contributed by atoms with Crippen LogP contribution in [0.25, 0.3) is 0 Å². The predicted molar refractivity (Wildman–Crippen MR) is 78.1 cm³/mol. The molecule has 6 heteroatoms. The molecule has 0 aromatic heterocycles. The topological polar surface area (TPSA) is 84.9 Å². The Morgan fingerprint density at radius 2 is 2.10 bits per heavy atom. The number of carboxylic acid groups (broad SMARTS) is 1. The first kappa shape index (κ1) is 17.9. The molecule has 122 valence electrons. The minimum absolute atomic E-state index is 0.0842. The van der Waals surface area contributed by atoms with E-state index in [-0.39, 0.29) is 30.5 Å². The number of hydrogen-bond acceptors (Lipinski definition) is 4. The van der Waals surface area contributed by atoms with Crippen LogP contribution in [-0.4, -0.2) is 47.9 Å². The van der Waals surface area contributed by atoms with Gasteiger partial charge in [0.05, 0.1) is 18.1 Å². The Morgan fingerprint density at radius 3 is 2.62 bits per heavy atom. The van der Waals surface area contributed by atoms with Gasteiger partial charge in [0.2, 0.25) is 5.91 Å². The maximum Gasteiger partial charge on any atom is 0.326 e. The summed E-state index contributed by atoms with van der Waals surface area (Å²) < 4.78 is 11.0. The maximum absolute atomic E-state index is 11.9. The molecule has 0 radical (unpaired) electrons. The van der Waals surface area contributed by atoms with Crippen LogP contribution in [0.1, 0.15) is 52.9 Å². The molecule has 1 heterocycles. The van der Waals surface area contributed by atoms with Crippen molar-refractivity contribution in [1.82, 2.24) is 5.32 Å². The summed E-state index contributed by atoms with van der Waals surface area (Å²) in [5.41, 5.74) is -0.316. The second-order valence-corrected chi connectivity index (χ2v) is 6.40. The predicted octanol–water partition coefficient (Wildman–Crippen LogP) is 1.72. The standard InChI is InChI=1S/C15H27NO5/c1-15(2,3)21-9-7-12(14(18)19)16-13(17)10-11-6-4-5-8-20-11/h11-12H,4-10H2,1-3H3,(H,16,17)(H,18,19). The number of ether oxygens (including phenoxy) is 2. The molecule has 1 aliphatic heterocycles. The van der Waals surface area contributed by atoms with Gasteiger partial charge in [0.1, 0.15) is 6.04 Å². The number of aliphatic carboxylic acids is 1. The molecule has 2 unspecified atom stereocenters. The van der Waals surface area contributed by atoms with Crippen molar-refractivity contribution in [3.63, 3.8) is 0 Å². The number of nitrogens with one attached hydrogen (secondary N) is 1. The number of hydrogen-bond donors (Lipinski definition) is 2. The van der Waals surface area contributed by atoms with E-state index in [0.29, 0.717) is 13.2 Å². The lowest BCUT2D eigenvalue weighted by molar-refractivity contribution is -0.143. The third-order valence-corrected chi connectivity index (χ3v) is 3.26. The van der Waals surface area contributed by atoms with Crippen LogP contribution < -0.4 is 5.32 Å². The van der Waals surface area contributed by atoms with Gasteiger partial charge in [0.15, 0.2) is 0 Å². The van der Waals surface area contributed by atoms with Gasteiger partial charge in [0, 0.05) is 19.6 Å². The van der Waals surface area contributed by atoms with Crippen molar-refractivity contribution in [2.24, 2.45) is 0 Å². The first-order chi connectivity index (χ1) is 9.78. The van der Waals surface area contributed by atoms with Crippen molar-refractivity contribution >= 4 is 11.9 Å². The molecule has 0 saturated carbocycles. The molecule has 6 nitrogen and oxygen atoms in total. The molecule has 1 amide bonds. The van der Waals surface area contributed by atoms with Crippen LogP contribution in [0.3, 0.4) is 0 Å². The van der Waals surface area contributed by atoms with Crippen molar-refractivity contribution < 1.29 is 24.2 Å². The molecule has 0 aromatic rings. The lowest BCUT2D eigenvalue weighted by Crippen LogP contribution is -2.43. The molecule has 0 spiro atoms. The van der Waals surface area contributed by atoms with Gasteiger partial charge in [-0.1, -0.05) is 0 Å². The zero-order chi connectivity index (χ0) is 15.9. The molecule has 0 bridgehead atoms. The summed E-state index contributed by atoms with van der Waals surface area (Å²) >= 11 is 0. The first-order valence-corrected chi connectivity index (χ1v) is 7.55. The van der Waals surface area contributed by atoms with Crippen molar-refractivity contribution in [2.45, 2.75) is 70.6 Å². The molecule has 0 aromatic carbocycles. The Kier molecular flexibility index (Phi) is 7.11. The van der Waals surface area contributed by atoms with E-state index in [0.717, 1.165) is 19.3 Å². The lowest BCUT2D eigenvalue weighted by Gasteiger charge is -2.24. The summed E-state index contributed by atoms with van der Waals surface area (Å²) in [5, 5.41) is 11.7. The minimum atomic E-state index is -1.04. The number of amides is 1. The minimum Gasteiger partial charge on any atom is -0.480 e. The van der Waals surface area contributed by atoms with E-state index in [1.807, 2.05) is 20.8 Å².